The molecule has 0 radical (unpaired) electrons. The first kappa shape index (κ1) is 14.8. The molecule has 0 amide bonds. The molecule has 1 heterocycles. The van der Waals surface area contributed by atoms with Gasteiger partial charge in [0.2, 0.25) is 0 Å². The average molecular weight is 274 g/mol. The van der Waals surface area contributed by atoms with Crippen LogP contribution in [0.4, 0.5) is 0 Å². The summed E-state index contributed by atoms with van der Waals surface area (Å²) in [4.78, 5) is 10.9. The number of methoxy groups -OCH3 is 1. The van der Waals surface area contributed by atoms with Crippen molar-refractivity contribution in [2.75, 3.05) is 19.5 Å². The molecule has 1 rings (SSSR count). The first-order valence-corrected chi connectivity index (χ1v) is 7.44. The molecule has 0 aliphatic carbocycles. The van der Waals surface area contributed by atoms with Crippen molar-refractivity contribution in [3.63, 3.8) is 0 Å². The van der Waals surface area contributed by atoms with Gasteiger partial charge in [-0.05, 0) is 6.42 Å². The van der Waals surface area contributed by atoms with Crippen LogP contribution in [-0.4, -0.2) is 44.0 Å². The average Bonchev–Trinajstić information content (AvgIpc) is 2.77. The molecule has 0 atom stereocenters. The van der Waals surface area contributed by atoms with Crippen LogP contribution in [-0.2, 0) is 21.1 Å². The zero-order chi connectivity index (χ0) is 13.6. The van der Waals surface area contributed by atoms with Gasteiger partial charge in [0.15, 0.2) is 21.1 Å². The van der Waals surface area contributed by atoms with Crippen molar-refractivity contribution in [1.82, 2.24) is 9.78 Å². The number of hydrogen-bond donors (Lipinski definition) is 0. The highest BCUT2D eigenvalue weighted by molar-refractivity contribution is 7.91. The third-order valence-corrected chi connectivity index (χ3v) is 4.37. The Morgan fingerprint density at radius 2 is 2.22 bits per heavy atom. The smallest absolute Gasteiger partial charge is 0.196 e. The van der Waals surface area contributed by atoms with Gasteiger partial charge >= 0.3 is 0 Å². The number of unbranched alkanes of at least 4 members (excludes halogenated alkanes) is 1. The minimum Gasteiger partial charge on any atom is -0.383 e. The Balaban J connectivity index is 3.10. The number of rotatable bonds is 8. The lowest BCUT2D eigenvalue weighted by Crippen LogP contribution is -2.17. The predicted molar refractivity (Wildman–Crippen MR) is 66.5 cm³/mol. The molecule has 18 heavy (non-hydrogen) atoms. The second-order valence-electron chi connectivity index (χ2n) is 3.91. The van der Waals surface area contributed by atoms with Crippen molar-refractivity contribution in [3.8, 4) is 0 Å². The number of carbonyl (C=O) groups excluding carboxylic acids is 1. The fourth-order valence-corrected chi connectivity index (χ4v) is 3.36. The van der Waals surface area contributed by atoms with E-state index >= 15 is 0 Å². The zero-order valence-electron chi connectivity index (χ0n) is 10.6. The van der Waals surface area contributed by atoms with Crippen LogP contribution in [0.1, 0.15) is 30.1 Å². The van der Waals surface area contributed by atoms with Gasteiger partial charge in [-0.3, -0.25) is 9.48 Å². The van der Waals surface area contributed by atoms with Gasteiger partial charge in [0, 0.05) is 7.11 Å². The SMILES string of the molecule is CCCCS(=O)(=O)c1c(C=O)cnn1CCOC. The van der Waals surface area contributed by atoms with Gasteiger partial charge in [-0.2, -0.15) is 5.10 Å². The van der Waals surface area contributed by atoms with E-state index in [1.807, 2.05) is 6.92 Å². The van der Waals surface area contributed by atoms with Gasteiger partial charge in [-0.1, -0.05) is 13.3 Å². The Bertz CT molecular complexity index is 493. The van der Waals surface area contributed by atoms with E-state index in [-0.39, 0.29) is 16.3 Å². The molecule has 0 N–H and O–H groups in total. The maximum absolute atomic E-state index is 12.2. The molecule has 7 heteroatoms. The van der Waals surface area contributed by atoms with E-state index < -0.39 is 9.84 Å². The number of nitrogens with zero attached hydrogens (tertiary/aromatic N) is 2. The number of carbonyl (C=O) groups is 1. The lowest BCUT2D eigenvalue weighted by Gasteiger charge is -2.08. The number of aromatic nitrogens is 2. The number of ether oxygens (including phenoxy) is 1. The molecule has 0 bridgehead atoms. The molecule has 0 aromatic carbocycles. The van der Waals surface area contributed by atoms with E-state index in [1.165, 1.54) is 18.0 Å². The largest absolute Gasteiger partial charge is 0.383 e. The Kier molecular flexibility index (Phi) is 5.49. The molecule has 0 aliphatic rings. The first-order valence-electron chi connectivity index (χ1n) is 5.79. The van der Waals surface area contributed by atoms with Crippen molar-refractivity contribution in [2.24, 2.45) is 0 Å². The molecule has 0 unspecified atom stereocenters. The Labute approximate surface area is 107 Å². The fraction of sp³-hybridized carbons (Fsp3) is 0.636. The summed E-state index contributed by atoms with van der Waals surface area (Å²) in [5.74, 6) is 0.0308. The summed E-state index contributed by atoms with van der Waals surface area (Å²) in [6.45, 7) is 2.57. The van der Waals surface area contributed by atoms with E-state index in [2.05, 4.69) is 5.10 Å². The van der Waals surface area contributed by atoms with Crippen LogP contribution in [0.25, 0.3) is 0 Å². The third kappa shape index (κ3) is 3.39. The van der Waals surface area contributed by atoms with E-state index in [9.17, 15) is 13.2 Å². The first-order chi connectivity index (χ1) is 8.56. The van der Waals surface area contributed by atoms with Gasteiger partial charge in [-0.15, -0.1) is 0 Å². The fourth-order valence-electron chi connectivity index (χ4n) is 1.58. The summed E-state index contributed by atoms with van der Waals surface area (Å²) in [6.07, 6.45) is 3.15. The highest BCUT2D eigenvalue weighted by Crippen LogP contribution is 2.17. The third-order valence-electron chi connectivity index (χ3n) is 2.51. The molecule has 0 aliphatic heterocycles. The molecular weight excluding hydrogens is 256 g/mol. The molecule has 102 valence electrons. The Hall–Kier alpha value is -1.21. The Morgan fingerprint density at radius 3 is 2.78 bits per heavy atom. The molecule has 1 aromatic heterocycles. The second kappa shape index (κ2) is 6.65. The van der Waals surface area contributed by atoms with Crippen molar-refractivity contribution in [3.05, 3.63) is 11.8 Å². The second-order valence-corrected chi connectivity index (χ2v) is 5.94. The maximum atomic E-state index is 12.2. The van der Waals surface area contributed by atoms with Crippen LogP contribution >= 0.6 is 0 Å². The molecule has 0 spiro atoms. The highest BCUT2D eigenvalue weighted by atomic mass is 32.2. The lowest BCUT2D eigenvalue weighted by atomic mass is 10.4. The van der Waals surface area contributed by atoms with E-state index in [0.29, 0.717) is 25.9 Å². The van der Waals surface area contributed by atoms with Crippen LogP contribution in [0.2, 0.25) is 0 Å². The van der Waals surface area contributed by atoms with E-state index in [0.717, 1.165) is 6.42 Å². The van der Waals surface area contributed by atoms with Crippen LogP contribution in [0.15, 0.2) is 11.2 Å². The molecule has 0 fully saturated rings. The summed E-state index contributed by atoms with van der Waals surface area (Å²) >= 11 is 0. The summed E-state index contributed by atoms with van der Waals surface area (Å²) in [5, 5.41) is 3.93. The van der Waals surface area contributed by atoms with E-state index in [4.69, 9.17) is 4.74 Å². The van der Waals surface area contributed by atoms with Crippen LogP contribution in [0.3, 0.4) is 0 Å². The summed E-state index contributed by atoms with van der Waals surface area (Å²) < 4.78 is 30.5. The normalized spacial score (nSPS) is 11.7. The molecule has 0 saturated carbocycles. The zero-order valence-corrected chi connectivity index (χ0v) is 11.4. The van der Waals surface area contributed by atoms with Crippen LogP contribution in [0.5, 0.6) is 0 Å². The van der Waals surface area contributed by atoms with E-state index in [1.54, 1.807) is 0 Å². The van der Waals surface area contributed by atoms with Crippen molar-refractivity contribution in [2.45, 2.75) is 31.3 Å². The summed E-state index contributed by atoms with van der Waals surface area (Å²) in [7, 11) is -1.95. The summed E-state index contributed by atoms with van der Waals surface area (Å²) in [5.41, 5.74) is 0.113. The topological polar surface area (TPSA) is 78.3 Å². The number of aldehydes is 1. The maximum Gasteiger partial charge on any atom is 0.196 e. The van der Waals surface area contributed by atoms with Crippen molar-refractivity contribution in [1.29, 1.82) is 0 Å². The number of sulfone groups is 1. The van der Waals surface area contributed by atoms with Crippen LogP contribution in [0, 0.1) is 0 Å². The minimum absolute atomic E-state index is 0.00278. The van der Waals surface area contributed by atoms with Gasteiger partial charge in [0.1, 0.15) is 0 Å². The van der Waals surface area contributed by atoms with Crippen LogP contribution < -0.4 is 0 Å². The van der Waals surface area contributed by atoms with Crippen molar-refractivity contribution < 1.29 is 17.9 Å². The van der Waals surface area contributed by atoms with Gasteiger partial charge in [-0.25, -0.2) is 8.42 Å². The minimum atomic E-state index is -3.47. The van der Waals surface area contributed by atoms with Gasteiger partial charge in [0.25, 0.3) is 0 Å². The molecule has 6 nitrogen and oxygen atoms in total. The predicted octanol–water partition coefficient (Wildman–Crippen LogP) is 0.916. The van der Waals surface area contributed by atoms with Gasteiger partial charge < -0.3 is 4.74 Å². The van der Waals surface area contributed by atoms with Crippen molar-refractivity contribution >= 4 is 16.1 Å². The highest BCUT2D eigenvalue weighted by Gasteiger charge is 2.23. The van der Waals surface area contributed by atoms with Gasteiger partial charge in [0.05, 0.1) is 30.7 Å². The molecule has 1 aromatic rings. The quantitative estimate of drug-likeness (QED) is 0.659. The Morgan fingerprint density at radius 1 is 1.50 bits per heavy atom. The monoisotopic (exact) mass is 274 g/mol. The number of hydrogen-bond acceptors (Lipinski definition) is 5. The lowest BCUT2D eigenvalue weighted by molar-refractivity contribution is 0.111. The standard InChI is InChI=1S/C11H18N2O4S/c1-3-4-7-18(15,16)11-10(9-14)8-12-13(11)5-6-17-2/h8-9H,3-7H2,1-2H3. The molecular formula is C11H18N2O4S. The molecule has 0 saturated heterocycles. The summed E-state index contributed by atoms with van der Waals surface area (Å²) in [6, 6.07) is 0.